The molecule has 8 heteroatoms. The lowest BCUT2D eigenvalue weighted by molar-refractivity contribution is 0.0940. The molecule has 0 radical (unpaired) electrons. The van der Waals surface area contributed by atoms with E-state index < -0.39 is 0 Å². The number of hydrogen-bond acceptors (Lipinski definition) is 5. The van der Waals surface area contributed by atoms with Gasteiger partial charge in [0.05, 0.1) is 24.4 Å². The summed E-state index contributed by atoms with van der Waals surface area (Å²) in [6.07, 6.45) is 2.48. The van der Waals surface area contributed by atoms with Gasteiger partial charge >= 0.3 is 0 Å². The summed E-state index contributed by atoms with van der Waals surface area (Å²) < 4.78 is 7.25. The summed E-state index contributed by atoms with van der Waals surface area (Å²) in [6, 6.07) is 9.67. The average molecular weight is 419 g/mol. The van der Waals surface area contributed by atoms with E-state index in [9.17, 15) is 4.79 Å². The summed E-state index contributed by atoms with van der Waals surface area (Å²) in [5, 5.41) is 15.7. The lowest BCUT2D eigenvalue weighted by atomic mass is 10.0. The van der Waals surface area contributed by atoms with Crippen molar-refractivity contribution in [1.29, 1.82) is 0 Å². The number of rotatable bonds is 6. The molecule has 0 fully saturated rings. The van der Waals surface area contributed by atoms with Gasteiger partial charge < -0.3 is 10.1 Å². The van der Waals surface area contributed by atoms with Crippen molar-refractivity contribution in [1.82, 2.24) is 30.3 Å². The second-order valence-electron chi connectivity index (χ2n) is 7.93. The number of aryl methyl sites for hydroxylation is 2. The zero-order valence-electron chi connectivity index (χ0n) is 18.4. The number of H-pyrrole nitrogens is 1. The number of carbonyl (C=O) groups excluding carboxylic acids is 1. The van der Waals surface area contributed by atoms with Crippen LogP contribution in [0, 0.1) is 6.92 Å². The molecule has 1 amide bonds. The Morgan fingerprint density at radius 1 is 1.26 bits per heavy atom. The fourth-order valence-electron chi connectivity index (χ4n) is 3.56. The standard InChI is InChI=1S/C23H26N6O2/c1-13(2)25-23(30)18-7-6-15(10-20(18)31-5)22-26-21(29(4)28-22)11-16-9-17-12-24-27-19(17)8-14(16)3/h6-10,12-13H,11H2,1-5H3,(H,24,27)(H,25,30). The maximum Gasteiger partial charge on any atom is 0.255 e. The molecule has 4 aromatic rings. The Labute approximate surface area is 180 Å². The molecule has 2 aromatic heterocycles. The molecule has 31 heavy (non-hydrogen) atoms. The first-order valence-electron chi connectivity index (χ1n) is 10.2. The summed E-state index contributed by atoms with van der Waals surface area (Å²) in [4.78, 5) is 17.2. The van der Waals surface area contributed by atoms with Crippen molar-refractivity contribution in [2.75, 3.05) is 7.11 Å². The monoisotopic (exact) mass is 418 g/mol. The average Bonchev–Trinajstić information content (AvgIpc) is 3.33. The van der Waals surface area contributed by atoms with E-state index in [-0.39, 0.29) is 11.9 Å². The van der Waals surface area contributed by atoms with Gasteiger partial charge in [-0.2, -0.15) is 10.2 Å². The molecule has 2 heterocycles. The van der Waals surface area contributed by atoms with Crippen LogP contribution in [0.15, 0.2) is 36.5 Å². The van der Waals surface area contributed by atoms with Crippen LogP contribution >= 0.6 is 0 Å². The van der Waals surface area contributed by atoms with Gasteiger partial charge in [-0.1, -0.05) is 6.07 Å². The predicted octanol–water partition coefficient (Wildman–Crippen LogP) is 3.40. The quantitative estimate of drug-likeness (QED) is 0.500. The molecule has 0 atom stereocenters. The van der Waals surface area contributed by atoms with E-state index in [1.54, 1.807) is 23.9 Å². The van der Waals surface area contributed by atoms with Crippen molar-refractivity contribution in [2.24, 2.45) is 7.05 Å². The van der Waals surface area contributed by atoms with Gasteiger partial charge in [0.25, 0.3) is 5.91 Å². The highest BCUT2D eigenvalue weighted by Crippen LogP contribution is 2.27. The van der Waals surface area contributed by atoms with Crippen LogP contribution in [0.5, 0.6) is 5.75 Å². The molecule has 2 N–H and O–H groups in total. The summed E-state index contributed by atoms with van der Waals surface area (Å²) in [5.74, 6) is 1.76. The van der Waals surface area contributed by atoms with Crippen LogP contribution < -0.4 is 10.1 Å². The highest BCUT2D eigenvalue weighted by molar-refractivity contribution is 5.97. The van der Waals surface area contributed by atoms with Crippen molar-refractivity contribution in [3.63, 3.8) is 0 Å². The molecule has 0 unspecified atom stereocenters. The molecule has 0 spiro atoms. The van der Waals surface area contributed by atoms with Gasteiger partial charge in [-0.15, -0.1) is 0 Å². The Bertz CT molecular complexity index is 1250. The molecular formula is C23H26N6O2. The van der Waals surface area contributed by atoms with Crippen LogP contribution in [0.25, 0.3) is 22.3 Å². The smallest absolute Gasteiger partial charge is 0.255 e. The first-order valence-corrected chi connectivity index (χ1v) is 10.2. The fraction of sp³-hybridized carbons (Fsp3) is 0.304. The van der Waals surface area contributed by atoms with Crippen molar-refractivity contribution < 1.29 is 9.53 Å². The summed E-state index contributed by atoms with van der Waals surface area (Å²) in [6.45, 7) is 5.92. The minimum atomic E-state index is -0.168. The molecule has 0 saturated heterocycles. The lowest BCUT2D eigenvalue weighted by Gasteiger charge is -2.12. The minimum absolute atomic E-state index is 0.0432. The SMILES string of the molecule is COc1cc(-c2nc(Cc3cc4cn[nH]c4cc3C)n(C)n2)ccc1C(=O)NC(C)C. The summed E-state index contributed by atoms with van der Waals surface area (Å²) in [7, 11) is 3.44. The number of fused-ring (bicyclic) bond motifs is 1. The number of nitrogens with one attached hydrogen (secondary N) is 2. The Morgan fingerprint density at radius 2 is 2.06 bits per heavy atom. The van der Waals surface area contributed by atoms with Crippen LogP contribution in [-0.2, 0) is 13.5 Å². The van der Waals surface area contributed by atoms with Gasteiger partial charge in [0.2, 0.25) is 0 Å². The Morgan fingerprint density at radius 3 is 2.81 bits per heavy atom. The van der Waals surface area contributed by atoms with Crippen molar-refractivity contribution in [2.45, 2.75) is 33.2 Å². The Hall–Kier alpha value is -3.68. The second kappa shape index (κ2) is 8.22. The number of ether oxygens (including phenoxy) is 1. The molecule has 0 aliphatic heterocycles. The highest BCUT2D eigenvalue weighted by atomic mass is 16.5. The van der Waals surface area contributed by atoms with Crippen molar-refractivity contribution >= 4 is 16.8 Å². The fourth-order valence-corrected chi connectivity index (χ4v) is 3.56. The minimum Gasteiger partial charge on any atom is -0.496 e. The maximum atomic E-state index is 12.4. The molecule has 0 aliphatic rings. The highest BCUT2D eigenvalue weighted by Gasteiger charge is 2.17. The molecule has 0 aliphatic carbocycles. The molecule has 4 rings (SSSR count). The third-order valence-corrected chi connectivity index (χ3v) is 5.22. The Kier molecular flexibility index (Phi) is 5.46. The number of amides is 1. The third-order valence-electron chi connectivity index (χ3n) is 5.22. The van der Waals surface area contributed by atoms with Crippen LogP contribution in [0.4, 0.5) is 0 Å². The zero-order chi connectivity index (χ0) is 22.1. The van der Waals surface area contributed by atoms with Crippen LogP contribution in [0.3, 0.4) is 0 Å². The number of carbonyl (C=O) groups is 1. The van der Waals surface area contributed by atoms with E-state index in [4.69, 9.17) is 9.72 Å². The van der Waals surface area contributed by atoms with E-state index in [2.05, 4.69) is 39.7 Å². The predicted molar refractivity (Wildman–Crippen MR) is 119 cm³/mol. The molecule has 0 saturated carbocycles. The Balaban J connectivity index is 1.63. The molecule has 0 bridgehead atoms. The first-order chi connectivity index (χ1) is 14.9. The summed E-state index contributed by atoms with van der Waals surface area (Å²) >= 11 is 0. The van der Waals surface area contributed by atoms with Crippen molar-refractivity contribution in [3.8, 4) is 17.1 Å². The zero-order valence-corrected chi connectivity index (χ0v) is 18.4. The van der Waals surface area contributed by atoms with Crippen LogP contribution in [-0.4, -0.2) is 44.0 Å². The largest absolute Gasteiger partial charge is 0.496 e. The molecular weight excluding hydrogens is 392 g/mol. The van der Waals surface area contributed by atoms with Gasteiger partial charge in [-0.25, -0.2) is 4.98 Å². The van der Waals surface area contributed by atoms with E-state index in [0.29, 0.717) is 23.6 Å². The second-order valence-corrected chi connectivity index (χ2v) is 7.93. The number of aromatic amines is 1. The molecule has 2 aromatic carbocycles. The number of aromatic nitrogens is 5. The van der Waals surface area contributed by atoms with Crippen LogP contribution in [0.1, 0.15) is 41.2 Å². The maximum absolute atomic E-state index is 12.4. The molecule has 8 nitrogen and oxygen atoms in total. The lowest BCUT2D eigenvalue weighted by Crippen LogP contribution is -2.30. The number of benzene rings is 2. The summed E-state index contributed by atoms with van der Waals surface area (Å²) in [5.41, 5.74) is 4.65. The normalized spacial score (nSPS) is 11.3. The van der Waals surface area contributed by atoms with E-state index in [1.807, 2.05) is 33.2 Å². The van der Waals surface area contributed by atoms with E-state index >= 15 is 0 Å². The van der Waals surface area contributed by atoms with E-state index in [0.717, 1.165) is 22.3 Å². The number of hydrogen-bond donors (Lipinski definition) is 2. The van der Waals surface area contributed by atoms with Gasteiger partial charge in [0.15, 0.2) is 5.82 Å². The van der Waals surface area contributed by atoms with Gasteiger partial charge in [-0.3, -0.25) is 14.6 Å². The number of methoxy groups -OCH3 is 1. The van der Waals surface area contributed by atoms with Gasteiger partial charge in [0.1, 0.15) is 11.6 Å². The third kappa shape index (κ3) is 4.14. The first kappa shape index (κ1) is 20.6. The molecule has 160 valence electrons. The van der Waals surface area contributed by atoms with Gasteiger partial charge in [-0.05, 0) is 56.2 Å². The number of nitrogens with zero attached hydrogens (tertiary/aromatic N) is 4. The van der Waals surface area contributed by atoms with Gasteiger partial charge in [0, 0.05) is 30.5 Å². The topological polar surface area (TPSA) is 97.7 Å². The van der Waals surface area contributed by atoms with Crippen molar-refractivity contribution in [3.05, 3.63) is 59.0 Å². The van der Waals surface area contributed by atoms with Crippen LogP contribution in [0.2, 0.25) is 0 Å². The van der Waals surface area contributed by atoms with E-state index in [1.165, 1.54) is 11.1 Å².